The molecule has 1 heteroatoms. The highest BCUT2D eigenvalue weighted by Crippen LogP contribution is 2.45. The molecule has 1 saturated heterocycles. The predicted octanol–water partition coefficient (Wildman–Crippen LogP) is 3.46. The van der Waals surface area contributed by atoms with Crippen LogP contribution in [-0.4, -0.2) is 25.0 Å². The van der Waals surface area contributed by atoms with Gasteiger partial charge in [0.05, 0.1) is 0 Å². The Kier molecular flexibility index (Phi) is 3.20. The van der Waals surface area contributed by atoms with E-state index in [0.29, 0.717) is 5.41 Å². The van der Waals surface area contributed by atoms with E-state index in [1.54, 1.807) is 5.57 Å². The monoisotopic (exact) mass is 207 g/mol. The van der Waals surface area contributed by atoms with Crippen LogP contribution in [0.1, 0.15) is 46.0 Å². The molecule has 1 heterocycles. The Morgan fingerprint density at radius 3 is 2.93 bits per heavy atom. The van der Waals surface area contributed by atoms with Gasteiger partial charge in [0.15, 0.2) is 0 Å². The van der Waals surface area contributed by atoms with Crippen molar-refractivity contribution in [2.45, 2.75) is 46.0 Å². The Morgan fingerprint density at radius 1 is 1.47 bits per heavy atom. The minimum absolute atomic E-state index is 0.636. The molecule has 1 fully saturated rings. The molecule has 0 N–H and O–H groups in total. The van der Waals surface area contributed by atoms with Crippen molar-refractivity contribution in [3.63, 3.8) is 0 Å². The van der Waals surface area contributed by atoms with E-state index in [0.717, 1.165) is 5.92 Å². The van der Waals surface area contributed by atoms with Gasteiger partial charge in [-0.25, -0.2) is 0 Å². The van der Waals surface area contributed by atoms with Crippen LogP contribution in [0.5, 0.6) is 0 Å². The molecule has 86 valence electrons. The lowest BCUT2D eigenvalue weighted by atomic mass is 9.77. The molecule has 2 aliphatic rings. The SMILES string of the molecule is CC(C)CC1=CCC2(CCCN(C)C2)C1. The second-order valence-corrected chi connectivity index (χ2v) is 6.18. The fraction of sp³-hybridized carbons (Fsp3) is 0.857. The molecular formula is C14H25N. The topological polar surface area (TPSA) is 3.24 Å². The first-order valence-electron chi connectivity index (χ1n) is 6.46. The number of likely N-dealkylation sites (tertiary alicyclic amines) is 1. The molecule has 0 aromatic rings. The van der Waals surface area contributed by atoms with Crippen molar-refractivity contribution in [3.05, 3.63) is 11.6 Å². The van der Waals surface area contributed by atoms with Crippen LogP contribution in [0.15, 0.2) is 11.6 Å². The molecule has 1 spiro atoms. The van der Waals surface area contributed by atoms with Gasteiger partial charge in [-0.05, 0) is 57.0 Å². The molecule has 0 aromatic carbocycles. The van der Waals surface area contributed by atoms with E-state index in [-0.39, 0.29) is 0 Å². The number of hydrogen-bond acceptors (Lipinski definition) is 1. The third-order valence-electron chi connectivity index (χ3n) is 3.95. The zero-order chi connectivity index (χ0) is 10.9. The molecule has 1 aliphatic heterocycles. The summed E-state index contributed by atoms with van der Waals surface area (Å²) in [7, 11) is 2.28. The molecule has 0 bridgehead atoms. The molecule has 2 rings (SSSR count). The molecule has 0 radical (unpaired) electrons. The molecular weight excluding hydrogens is 182 g/mol. The predicted molar refractivity (Wildman–Crippen MR) is 65.9 cm³/mol. The average molecular weight is 207 g/mol. The van der Waals surface area contributed by atoms with Crippen LogP contribution in [0.3, 0.4) is 0 Å². The standard InChI is InChI=1S/C14H25N/c1-12(2)9-13-5-7-14(10-13)6-4-8-15(3)11-14/h5,12H,4,6-11H2,1-3H3. The summed E-state index contributed by atoms with van der Waals surface area (Å²) in [5, 5.41) is 0. The van der Waals surface area contributed by atoms with Gasteiger partial charge in [0.25, 0.3) is 0 Å². The summed E-state index contributed by atoms with van der Waals surface area (Å²) in [5.74, 6) is 0.827. The van der Waals surface area contributed by atoms with Crippen LogP contribution in [0.4, 0.5) is 0 Å². The fourth-order valence-electron chi connectivity index (χ4n) is 3.43. The zero-order valence-electron chi connectivity index (χ0n) is 10.6. The van der Waals surface area contributed by atoms with Gasteiger partial charge in [-0.1, -0.05) is 25.5 Å². The summed E-state index contributed by atoms with van der Waals surface area (Å²) in [4.78, 5) is 2.52. The molecule has 0 aromatic heterocycles. The largest absolute Gasteiger partial charge is 0.306 e. The van der Waals surface area contributed by atoms with Gasteiger partial charge in [0.2, 0.25) is 0 Å². The van der Waals surface area contributed by atoms with Crippen molar-refractivity contribution < 1.29 is 0 Å². The Bertz CT molecular complexity index is 254. The Hall–Kier alpha value is -0.300. The minimum Gasteiger partial charge on any atom is -0.306 e. The van der Waals surface area contributed by atoms with Crippen molar-refractivity contribution in [3.8, 4) is 0 Å². The first-order chi connectivity index (χ1) is 7.10. The summed E-state index contributed by atoms with van der Waals surface area (Å²) in [6.07, 6.45) is 9.45. The van der Waals surface area contributed by atoms with E-state index >= 15 is 0 Å². The third kappa shape index (κ3) is 2.63. The Morgan fingerprint density at radius 2 is 2.27 bits per heavy atom. The van der Waals surface area contributed by atoms with Gasteiger partial charge >= 0.3 is 0 Å². The lowest BCUT2D eigenvalue weighted by Gasteiger charge is -2.39. The average Bonchev–Trinajstić information content (AvgIpc) is 2.47. The molecule has 1 atom stereocenters. The van der Waals surface area contributed by atoms with E-state index in [1.165, 1.54) is 45.2 Å². The highest BCUT2D eigenvalue weighted by atomic mass is 15.1. The summed E-state index contributed by atoms with van der Waals surface area (Å²) in [6.45, 7) is 7.30. The van der Waals surface area contributed by atoms with Gasteiger partial charge in [-0.2, -0.15) is 0 Å². The molecule has 0 saturated carbocycles. The number of hydrogen-bond donors (Lipinski definition) is 0. The highest BCUT2D eigenvalue weighted by Gasteiger charge is 2.37. The first kappa shape index (κ1) is 11.2. The van der Waals surface area contributed by atoms with Crippen LogP contribution in [-0.2, 0) is 0 Å². The summed E-state index contributed by atoms with van der Waals surface area (Å²) in [6, 6.07) is 0. The van der Waals surface area contributed by atoms with Gasteiger partial charge in [0, 0.05) is 6.54 Å². The van der Waals surface area contributed by atoms with Gasteiger partial charge in [0.1, 0.15) is 0 Å². The maximum Gasteiger partial charge on any atom is 0.00410 e. The number of rotatable bonds is 2. The maximum atomic E-state index is 2.54. The zero-order valence-corrected chi connectivity index (χ0v) is 10.6. The summed E-state index contributed by atoms with van der Waals surface area (Å²) in [5.41, 5.74) is 2.37. The van der Waals surface area contributed by atoms with Gasteiger partial charge in [-0.3, -0.25) is 0 Å². The summed E-state index contributed by atoms with van der Waals surface area (Å²) >= 11 is 0. The van der Waals surface area contributed by atoms with Gasteiger partial charge < -0.3 is 4.90 Å². The van der Waals surface area contributed by atoms with E-state index in [1.807, 2.05) is 0 Å². The van der Waals surface area contributed by atoms with E-state index in [2.05, 4.69) is 31.9 Å². The molecule has 1 nitrogen and oxygen atoms in total. The normalized spacial score (nSPS) is 32.7. The molecule has 0 amide bonds. The molecule has 15 heavy (non-hydrogen) atoms. The molecule has 1 aliphatic carbocycles. The summed E-state index contributed by atoms with van der Waals surface area (Å²) < 4.78 is 0. The van der Waals surface area contributed by atoms with E-state index < -0.39 is 0 Å². The fourth-order valence-corrected chi connectivity index (χ4v) is 3.43. The minimum atomic E-state index is 0.636. The van der Waals surface area contributed by atoms with Crippen molar-refractivity contribution in [2.24, 2.45) is 11.3 Å². The quantitative estimate of drug-likeness (QED) is 0.627. The third-order valence-corrected chi connectivity index (χ3v) is 3.95. The van der Waals surface area contributed by atoms with Crippen molar-refractivity contribution >= 4 is 0 Å². The maximum absolute atomic E-state index is 2.54. The van der Waals surface area contributed by atoms with Crippen LogP contribution < -0.4 is 0 Å². The smallest absolute Gasteiger partial charge is 0.00410 e. The van der Waals surface area contributed by atoms with Crippen LogP contribution in [0, 0.1) is 11.3 Å². The lowest BCUT2D eigenvalue weighted by molar-refractivity contribution is 0.118. The van der Waals surface area contributed by atoms with E-state index in [4.69, 9.17) is 0 Å². The Balaban J connectivity index is 1.92. The van der Waals surface area contributed by atoms with Crippen molar-refractivity contribution in [1.29, 1.82) is 0 Å². The molecule has 1 unspecified atom stereocenters. The van der Waals surface area contributed by atoms with E-state index in [9.17, 15) is 0 Å². The number of allylic oxidation sites excluding steroid dienone is 2. The second kappa shape index (κ2) is 4.29. The highest BCUT2D eigenvalue weighted by molar-refractivity contribution is 5.16. The lowest BCUT2D eigenvalue weighted by Crippen LogP contribution is -2.39. The van der Waals surface area contributed by atoms with Crippen LogP contribution in [0.25, 0.3) is 0 Å². The van der Waals surface area contributed by atoms with Crippen LogP contribution >= 0.6 is 0 Å². The number of nitrogens with zero attached hydrogens (tertiary/aromatic N) is 1. The van der Waals surface area contributed by atoms with Crippen LogP contribution in [0.2, 0.25) is 0 Å². The second-order valence-electron chi connectivity index (χ2n) is 6.18. The van der Waals surface area contributed by atoms with Crippen molar-refractivity contribution in [1.82, 2.24) is 4.90 Å². The van der Waals surface area contributed by atoms with Crippen molar-refractivity contribution in [2.75, 3.05) is 20.1 Å². The number of piperidine rings is 1. The Labute approximate surface area is 94.5 Å². The van der Waals surface area contributed by atoms with Gasteiger partial charge in [-0.15, -0.1) is 0 Å². The first-order valence-corrected chi connectivity index (χ1v) is 6.46.